The van der Waals surface area contributed by atoms with Crippen molar-refractivity contribution in [2.24, 2.45) is 0 Å². The number of carbonyl (C=O) groups excluding carboxylic acids is 1. The molecule has 6 heteroatoms. The molecular formula is C20H23N5O. The molecule has 0 saturated carbocycles. The van der Waals surface area contributed by atoms with E-state index in [1.807, 2.05) is 35.2 Å². The fourth-order valence-electron chi connectivity index (χ4n) is 3.71. The monoisotopic (exact) mass is 349 g/mol. The second-order valence-electron chi connectivity index (χ2n) is 7.19. The highest BCUT2D eigenvalue weighted by Crippen LogP contribution is 2.28. The number of amides is 1. The Labute approximate surface area is 152 Å². The lowest BCUT2D eigenvalue weighted by molar-refractivity contribution is 0.0703. The van der Waals surface area contributed by atoms with Crippen molar-refractivity contribution in [3.8, 4) is 0 Å². The predicted octanol–water partition coefficient (Wildman–Crippen LogP) is 3.43. The van der Waals surface area contributed by atoms with Gasteiger partial charge in [-0.3, -0.25) is 9.78 Å². The molecule has 0 unspecified atom stereocenters. The Hall–Kier alpha value is -2.76. The van der Waals surface area contributed by atoms with E-state index in [1.54, 1.807) is 12.5 Å². The molecule has 1 aliphatic heterocycles. The number of nitrogens with zero attached hydrogens (tertiary/aromatic N) is 5. The third kappa shape index (κ3) is 3.07. The van der Waals surface area contributed by atoms with Crippen LogP contribution in [-0.2, 0) is 0 Å². The molecule has 6 nitrogen and oxygen atoms in total. The van der Waals surface area contributed by atoms with Gasteiger partial charge in [0.1, 0.15) is 12.2 Å². The molecule has 0 bridgehead atoms. The lowest BCUT2D eigenvalue weighted by Gasteiger charge is -2.33. The van der Waals surface area contributed by atoms with Crippen LogP contribution in [0.25, 0.3) is 10.9 Å². The summed E-state index contributed by atoms with van der Waals surface area (Å²) in [5.74, 6) is 1.30. The number of hydrogen-bond acceptors (Lipinski definition) is 4. The summed E-state index contributed by atoms with van der Waals surface area (Å²) in [7, 11) is 0. The molecule has 1 amide bonds. The molecule has 2 aromatic heterocycles. The van der Waals surface area contributed by atoms with Gasteiger partial charge in [-0.15, -0.1) is 10.2 Å². The first-order valence-corrected chi connectivity index (χ1v) is 9.17. The molecular weight excluding hydrogens is 326 g/mol. The largest absolute Gasteiger partial charge is 0.338 e. The van der Waals surface area contributed by atoms with Crippen molar-refractivity contribution in [2.75, 3.05) is 13.1 Å². The van der Waals surface area contributed by atoms with Gasteiger partial charge in [0.2, 0.25) is 0 Å². The topological polar surface area (TPSA) is 63.9 Å². The molecule has 3 heterocycles. The van der Waals surface area contributed by atoms with Crippen LogP contribution in [0, 0.1) is 0 Å². The number of pyridine rings is 1. The zero-order valence-electron chi connectivity index (χ0n) is 15.2. The normalized spacial score (nSPS) is 17.8. The van der Waals surface area contributed by atoms with E-state index in [4.69, 9.17) is 0 Å². The Morgan fingerprint density at radius 1 is 1.27 bits per heavy atom. The lowest BCUT2D eigenvalue weighted by Crippen LogP contribution is -2.39. The zero-order chi connectivity index (χ0) is 18.1. The summed E-state index contributed by atoms with van der Waals surface area (Å²) < 4.78 is 2.11. The molecule has 1 fully saturated rings. The minimum Gasteiger partial charge on any atom is -0.338 e. The molecule has 0 radical (unpaired) electrons. The molecule has 4 rings (SSSR count). The Morgan fingerprint density at radius 2 is 2.15 bits per heavy atom. The van der Waals surface area contributed by atoms with Crippen molar-refractivity contribution in [3.63, 3.8) is 0 Å². The van der Waals surface area contributed by atoms with Gasteiger partial charge >= 0.3 is 0 Å². The number of likely N-dealkylation sites (tertiary alicyclic amines) is 1. The van der Waals surface area contributed by atoms with Gasteiger partial charge < -0.3 is 9.47 Å². The number of rotatable bonds is 3. The molecule has 0 aliphatic carbocycles. The van der Waals surface area contributed by atoms with Gasteiger partial charge in [-0.25, -0.2) is 0 Å². The average molecular weight is 349 g/mol. The molecule has 1 saturated heterocycles. The number of carbonyl (C=O) groups is 1. The van der Waals surface area contributed by atoms with Crippen LogP contribution < -0.4 is 0 Å². The highest BCUT2D eigenvalue weighted by molar-refractivity contribution is 5.98. The second-order valence-corrected chi connectivity index (χ2v) is 7.19. The van der Waals surface area contributed by atoms with Crippen molar-refractivity contribution in [1.29, 1.82) is 0 Å². The lowest BCUT2D eigenvalue weighted by atomic mass is 9.96. The number of benzene rings is 1. The second kappa shape index (κ2) is 6.86. The predicted molar refractivity (Wildman–Crippen MR) is 100 cm³/mol. The standard InChI is InChI=1S/C20H23N5O/c1-14(2)25-13-22-23-19(25)17-6-4-10-24(12-17)20(26)16-7-8-18-15(11-16)5-3-9-21-18/h3,5,7-9,11,13-14,17H,4,6,10,12H2,1-2H3/t17-/m0/s1. The smallest absolute Gasteiger partial charge is 0.253 e. The maximum absolute atomic E-state index is 13.0. The van der Waals surface area contributed by atoms with Crippen molar-refractivity contribution in [1.82, 2.24) is 24.6 Å². The third-order valence-electron chi connectivity index (χ3n) is 5.08. The Kier molecular flexibility index (Phi) is 4.41. The van der Waals surface area contributed by atoms with Crippen LogP contribution in [0.2, 0.25) is 0 Å². The molecule has 0 N–H and O–H groups in total. The van der Waals surface area contributed by atoms with E-state index in [9.17, 15) is 4.79 Å². The van der Waals surface area contributed by atoms with Gasteiger partial charge in [0, 0.05) is 42.2 Å². The fraction of sp³-hybridized carbons (Fsp3) is 0.400. The Bertz CT molecular complexity index is 933. The van der Waals surface area contributed by atoms with Crippen LogP contribution in [0.4, 0.5) is 0 Å². The highest BCUT2D eigenvalue weighted by Gasteiger charge is 2.29. The Morgan fingerprint density at radius 3 is 3.00 bits per heavy atom. The first kappa shape index (κ1) is 16.7. The van der Waals surface area contributed by atoms with Crippen molar-refractivity contribution < 1.29 is 4.79 Å². The van der Waals surface area contributed by atoms with Gasteiger partial charge in [0.25, 0.3) is 5.91 Å². The van der Waals surface area contributed by atoms with Gasteiger partial charge in [0.05, 0.1) is 5.52 Å². The molecule has 1 aliphatic rings. The van der Waals surface area contributed by atoms with Gasteiger partial charge in [0.15, 0.2) is 0 Å². The van der Waals surface area contributed by atoms with E-state index in [0.29, 0.717) is 12.6 Å². The van der Waals surface area contributed by atoms with Crippen LogP contribution in [0.1, 0.15) is 54.8 Å². The molecule has 3 aromatic rings. The van der Waals surface area contributed by atoms with E-state index in [0.717, 1.165) is 41.7 Å². The summed E-state index contributed by atoms with van der Waals surface area (Å²) in [4.78, 5) is 19.3. The third-order valence-corrected chi connectivity index (χ3v) is 5.08. The highest BCUT2D eigenvalue weighted by atomic mass is 16.2. The fourth-order valence-corrected chi connectivity index (χ4v) is 3.71. The van der Waals surface area contributed by atoms with Gasteiger partial charge in [-0.05, 0) is 51.0 Å². The molecule has 134 valence electrons. The summed E-state index contributed by atoms with van der Waals surface area (Å²) in [6.07, 6.45) is 5.58. The number of fused-ring (bicyclic) bond motifs is 1. The maximum Gasteiger partial charge on any atom is 0.253 e. The van der Waals surface area contributed by atoms with Crippen LogP contribution in [-0.4, -0.2) is 43.6 Å². The van der Waals surface area contributed by atoms with E-state index in [-0.39, 0.29) is 11.8 Å². The van der Waals surface area contributed by atoms with Crippen molar-refractivity contribution in [2.45, 2.75) is 38.6 Å². The van der Waals surface area contributed by atoms with Gasteiger partial charge in [-0.2, -0.15) is 0 Å². The minimum absolute atomic E-state index is 0.0797. The minimum atomic E-state index is 0.0797. The summed E-state index contributed by atoms with van der Waals surface area (Å²) in [5, 5.41) is 9.41. The summed E-state index contributed by atoms with van der Waals surface area (Å²) >= 11 is 0. The summed E-state index contributed by atoms with van der Waals surface area (Å²) in [6.45, 7) is 5.73. The Balaban J connectivity index is 1.56. The zero-order valence-corrected chi connectivity index (χ0v) is 15.2. The van der Waals surface area contributed by atoms with Crippen LogP contribution in [0.3, 0.4) is 0 Å². The first-order valence-electron chi connectivity index (χ1n) is 9.17. The van der Waals surface area contributed by atoms with Crippen molar-refractivity contribution >= 4 is 16.8 Å². The average Bonchev–Trinajstić information content (AvgIpc) is 3.17. The van der Waals surface area contributed by atoms with E-state index < -0.39 is 0 Å². The van der Waals surface area contributed by atoms with E-state index in [1.165, 1.54) is 0 Å². The van der Waals surface area contributed by atoms with Crippen molar-refractivity contribution in [3.05, 3.63) is 54.2 Å². The molecule has 1 atom stereocenters. The summed E-state index contributed by atoms with van der Waals surface area (Å²) in [6, 6.07) is 9.93. The van der Waals surface area contributed by atoms with E-state index >= 15 is 0 Å². The number of aromatic nitrogens is 4. The molecule has 26 heavy (non-hydrogen) atoms. The number of hydrogen-bond donors (Lipinski definition) is 0. The van der Waals surface area contributed by atoms with Crippen LogP contribution in [0.15, 0.2) is 42.9 Å². The first-order chi connectivity index (χ1) is 12.6. The summed E-state index contributed by atoms with van der Waals surface area (Å²) in [5.41, 5.74) is 1.63. The van der Waals surface area contributed by atoms with Crippen LogP contribution >= 0.6 is 0 Å². The maximum atomic E-state index is 13.0. The van der Waals surface area contributed by atoms with Crippen LogP contribution in [0.5, 0.6) is 0 Å². The SMILES string of the molecule is CC(C)n1cnnc1[C@H]1CCCN(C(=O)c2ccc3ncccc3c2)C1. The molecule has 0 spiro atoms. The van der Waals surface area contributed by atoms with E-state index in [2.05, 4.69) is 33.6 Å². The number of piperidine rings is 1. The quantitative estimate of drug-likeness (QED) is 0.727. The van der Waals surface area contributed by atoms with Gasteiger partial charge in [-0.1, -0.05) is 6.07 Å². The molecule has 1 aromatic carbocycles.